The van der Waals surface area contributed by atoms with Crippen LogP contribution in [0.1, 0.15) is 22.8 Å². The van der Waals surface area contributed by atoms with E-state index >= 15 is 0 Å². The van der Waals surface area contributed by atoms with Crippen LogP contribution in [0.3, 0.4) is 0 Å². The smallest absolute Gasteiger partial charge is 0.256 e. The van der Waals surface area contributed by atoms with Crippen molar-refractivity contribution in [1.29, 1.82) is 0 Å². The predicted octanol–water partition coefficient (Wildman–Crippen LogP) is 5.00. The van der Waals surface area contributed by atoms with E-state index in [1.54, 1.807) is 28.9 Å². The Morgan fingerprint density at radius 2 is 1.88 bits per heavy atom. The zero-order valence-corrected chi connectivity index (χ0v) is 16.4. The van der Waals surface area contributed by atoms with Gasteiger partial charge in [0.1, 0.15) is 5.75 Å². The molecule has 3 aromatic rings. The Hall–Kier alpha value is -2.31. The Bertz CT molecular complexity index is 892. The largest absolute Gasteiger partial charge is 0.494 e. The van der Waals surface area contributed by atoms with Gasteiger partial charge in [0.25, 0.3) is 5.91 Å². The van der Waals surface area contributed by atoms with Gasteiger partial charge in [0.15, 0.2) is 5.82 Å². The van der Waals surface area contributed by atoms with Gasteiger partial charge in [-0.05, 0) is 64.8 Å². The monoisotopic (exact) mass is 433 g/mol. The fraction of sp³-hybridized carbons (Fsp3) is 0.158. The van der Waals surface area contributed by atoms with E-state index in [0.29, 0.717) is 34.0 Å². The van der Waals surface area contributed by atoms with E-state index < -0.39 is 0 Å². The number of ether oxygens (including phenoxy) is 1. The number of hydrogen-bond donors (Lipinski definition) is 1. The number of nitrogens with zero attached hydrogens (tertiary/aromatic N) is 2. The maximum absolute atomic E-state index is 12.4. The molecule has 0 atom stereocenters. The average molecular weight is 435 g/mol. The molecule has 5 nitrogen and oxygen atoms in total. The Balaban J connectivity index is 1.68. The van der Waals surface area contributed by atoms with Crippen LogP contribution < -0.4 is 10.1 Å². The molecule has 0 radical (unpaired) electrons. The first-order valence-electron chi connectivity index (χ1n) is 8.06. The maximum atomic E-state index is 12.4. The zero-order chi connectivity index (χ0) is 18.5. The molecule has 0 aliphatic carbocycles. The van der Waals surface area contributed by atoms with Gasteiger partial charge < -0.3 is 10.1 Å². The fourth-order valence-corrected chi connectivity index (χ4v) is 2.93. The number of nitrogens with one attached hydrogen (secondary N) is 1. The molecule has 0 bridgehead atoms. The lowest BCUT2D eigenvalue weighted by atomic mass is 10.2. The number of halogens is 2. The van der Waals surface area contributed by atoms with Crippen molar-refractivity contribution in [2.24, 2.45) is 0 Å². The Morgan fingerprint density at radius 1 is 1.19 bits per heavy atom. The van der Waals surface area contributed by atoms with Crippen molar-refractivity contribution in [2.75, 3.05) is 11.9 Å². The lowest BCUT2D eigenvalue weighted by Crippen LogP contribution is -2.13. The standard InChI is InChI=1S/C19H17BrClN3O2/c1-2-26-16-9-5-14(6-10-16)19(25)22-18-17(20)12-24(23-18)11-13-3-7-15(21)8-4-13/h3-10,12H,2,11H2,1H3,(H,22,23,25). The Morgan fingerprint density at radius 3 is 2.54 bits per heavy atom. The normalized spacial score (nSPS) is 10.6. The fourth-order valence-electron chi connectivity index (χ4n) is 2.39. The molecule has 1 heterocycles. The molecular weight excluding hydrogens is 418 g/mol. The van der Waals surface area contributed by atoms with Crippen LogP contribution in [0.25, 0.3) is 0 Å². The van der Waals surface area contributed by atoms with Gasteiger partial charge in [0.05, 0.1) is 17.6 Å². The minimum absolute atomic E-state index is 0.231. The average Bonchev–Trinajstić information content (AvgIpc) is 2.97. The predicted molar refractivity (Wildman–Crippen MR) is 106 cm³/mol. The van der Waals surface area contributed by atoms with Crippen LogP contribution in [0.15, 0.2) is 59.2 Å². The summed E-state index contributed by atoms with van der Waals surface area (Å²) in [5.41, 5.74) is 1.60. The molecule has 7 heteroatoms. The number of anilines is 1. The Labute approximate surface area is 165 Å². The molecule has 26 heavy (non-hydrogen) atoms. The minimum Gasteiger partial charge on any atom is -0.494 e. The molecule has 1 aromatic heterocycles. The number of carbonyl (C=O) groups is 1. The lowest BCUT2D eigenvalue weighted by molar-refractivity contribution is 0.102. The van der Waals surface area contributed by atoms with Crippen molar-refractivity contribution in [3.8, 4) is 5.75 Å². The molecule has 0 saturated heterocycles. The van der Waals surface area contributed by atoms with E-state index in [0.717, 1.165) is 11.3 Å². The zero-order valence-electron chi connectivity index (χ0n) is 14.1. The van der Waals surface area contributed by atoms with Crippen molar-refractivity contribution in [3.05, 3.63) is 75.4 Å². The molecule has 0 aliphatic heterocycles. The maximum Gasteiger partial charge on any atom is 0.256 e. The van der Waals surface area contributed by atoms with Crippen LogP contribution >= 0.6 is 27.5 Å². The summed E-state index contributed by atoms with van der Waals surface area (Å²) < 4.78 is 7.85. The number of hydrogen-bond acceptors (Lipinski definition) is 3. The number of rotatable bonds is 6. The highest BCUT2D eigenvalue weighted by Gasteiger charge is 2.12. The van der Waals surface area contributed by atoms with Gasteiger partial charge >= 0.3 is 0 Å². The summed E-state index contributed by atoms with van der Waals surface area (Å²) in [7, 11) is 0. The molecule has 1 amide bonds. The molecular formula is C19H17BrClN3O2. The summed E-state index contributed by atoms with van der Waals surface area (Å²) in [6, 6.07) is 14.5. The third kappa shape index (κ3) is 4.65. The lowest BCUT2D eigenvalue weighted by Gasteiger charge is -2.05. The number of aromatic nitrogens is 2. The van der Waals surface area contributed by atoms with Gasteiger partial charge in [0.2, 0.25) is 0 Å². The molecule has 3 rings (SSSR count). The number of benzene rings is 2. The second-order valence-corrected chi connectivity index (χ2v) is 6.85. The highest BCUT2D eigenvalue weighted by molar-refractivity contribution is 9.10. The van der Waals surface area contributed by atoms with Gasteiger partial charge in [-0.15, -0.1) is 0 Å². The summed E-state index contributed by atoms with van der Waals surface area (Å²) in [5, 5.41) is 7.93. The molecule has 0 saturated carbocycles. The van der Waals surface area contributed by atoms with E-state index in [-0.39, 0.29) is 5.91 Å². The van der Waals surface area contributed by atoms with Crippen LogP contribution in [-0.2, 0) is 6.54 Å². The summed E-state index contributed by atoms with van der Waals surface area (Å²) in [4.78, 5) is 12.4. The molecule has 1 N–H and O–H groups in total. The minimum atomic E-state index is -0.231. The van der Waals surface area contributed by atoms with Crippen LogP contribution in [0.2, 0.25) is 5.02 Å². The van der Waals surface area contributed by atoms with Gasteiger partial charge in [-0.1, -0.05) is 23.7 Å². The molecule has 0 aliphatic rings. The van der Waals surface area contributed by atoms with Crippen LogP contribution in [0.5, 0.6) is 5.75 Å². The van der Waals surface area contributed by atoms with E-state index in [2.05, 4.69) is 26.3 Å². The van der Waals surface area contributed by atoms with Crippen LogP contribution in [0.4, 0.5) is 5.82 Å². The molecule has 2 aromatic carbocycles. The quantitative estimate of drug-likeness (QED) is 0.594. The van der Waals surface area contributed by atoms with Crippen molar-refractivity contribution in [2.45, 2.75) is 13.5 Å². The first-order chi connectivity index (χ1) is 12.5. The highest BCUT2D eigenvalue weighted by Crippen LogP contribution is 2.22. The number of carbonyl (C=O) groups excluding carboxylic acids is 1. The van der Waals surface area contributed by atoms with E-state index in [4.69, 9.17) is 16.3 Å². The van der Waals surface area contributed by atoms with Crippen molar-refractivity contribution >= 4 is 39.3 Å². The second-order valence-electron chi connectivity index (χ2n) is 5.56. The van der Waals surface area contributed by atoms with E-state index in [1.165, 1.54) is 0 Å². The summed E-state index contributed by atoms with van der Waals surface area (Å²) in [6.07, 6.45) is 1.82. The van der Waals surface area contributed by atoms with Gasteiger partial charge in [0, 0.05) is 16.8 Å². The SMILES string of the molecule is CCOc1ccc(C(=O)Nc2nn(Cc3ccc(Cl)cc3)cc2Br)cc1. The van der Waals surface area contributed by atoms with Crippen LogP contribution in [0, 0.1) is 0 Å². The van der Waals surface area contributed by atoms with E-state index in [9.17, 15) is 4.79 Å². The summed E-state index contributed by atoms with van der Waals surface area (Å²) in [5.74, 6) is 0.973. The molecule has 0 spiro atoms. The first-order valence-corrected chi connectivity index (χ1v) is 9.24. The van der Waals surface area contributed by atoms with Crippen molar-refractivity contribution < 1.29 is 9.53 Å². The van der Waals surface area contributed by atoms with E-state index in [1.807, 2.05) is 37.4 Å². The highest BCUT2D eigenvalue weighted by atomic mass is 79.9. The van der Waals surface area contributed by atoms with Crippen molar-refractivity contribution in [1.82, 2.24) is 9.78 Å². The Kier molecular flexibility index (Phi) is 5.96. The van der Waals surface area contributed by atoms with Crippen molar-refractivity contribution in [3.63, 3.8) is 0 Å². The third-order valence-corrected chi connectivity index (χ3v) is 4.47. The van der Waals surface area contributed by atoms with Gasteiger partial charge in [-0.3, -0.25) is 9.48 Å². The second kappa shape index (κ2) is 8.38. The molecule has 0 fully saturated rings. The van der Waals surface area contributed by atoms with Gasteiger partial charge in [-0.25, -0.2) is 0 Å². The summed E-state index contributed by atoms with van der Waals surface area (Å²) in [6.45, 7) is 3.08. The van der Waals surface area contributed by atoms with Gasteiger partial charge in [-0.2, -0.15) is 5.10 Å². The summed E-state index contributed by atoms with van der Waals surface area (Å²) >= 11 is 9.34. The number of amides is 1. The molecule has 134 valence electrons. The molecule has 0 unspecified atom stereocenters. The third-order valence-electron chi connectivity index (χ3n) is 3.63. The topological polar surface area (TPSA) is 56.1 Å². The first kappa shape index (κ1) is 18.5. The van der Waals surface area contributed by atoms with Crippen LogP contribution in [-0.4, -0.2) is 22.3 Å².